The van der Waals surface area contributed by atoms with Crippen LogP contribution in [-0.4, -0.2) is 49.8 Å². The molecule has 4 nitrogen and oxygen atoms in total. The van der Waals surface area contributed by atoms with Gasteiger partial charge in [0, 0.05) is 36.0 Å². The lowest BCUT2D eigenvalue weighted by Gasteiger charge is -2.16. The number of nitrogens with one attached hydrogen (secondary N) is 1. The van der Waals surface area contributed by atoms with E-state index in [1.165, 1.54) is 11.3 Å². The molecule has 1 fully saturated rings. The van der Waals surface area contributed by atoms with E-state index in [-0.39, 0.29) is 5.91 Å². The van der Waals surface area contributed by atoms with Gasteiger partial charge >= 0.3 is 0 Å². The first-order valence-electron chi connectivity index (χ1n) is 8.81. The lowest BCUT2D eigenvalue weighted by molar-refractivity contribution is 0.0958. The minimum atomic E-state index is -0.696. The number of carbonyl (C=O) groups is 1. The average Bonchev–Trinajstić information content (AvgIpc) is 3.25. The monoisotopic (exact) mass is 518 g/mol. The maximum absolute atomic E-state index is 13.2. The number of hydrogen-bond donors (Lipinski definition) is 1. The zero-order chi connectivity index (χ0) is 19.2. The highest BCUT2D eigenvalue weighted by Crippen LogP contribution is 2.26. The van der Waals surface area contributed by atoms with E-state index in [4.69, 9.17) is 4.74 Å². The van der Waals surface area contributed by atoms with Crippen LogP contribution in [0, 0.1) is 0 Å². The fourth-order valence-electron chi connectivity index (χ4n) is 2.93. The summed E-state index contributed by atoms with van der Waals surface area (Å²) in [5, 5.41) is 4.83. The Labute approximate surface area is 179 Å². The van der Waals surface area contributed by atoms with E-state index < -0.39 is 6.17 Å². The van der Waals surface area contributed by atoms with E-state index in [1.54, 1.807) is 0 Å². The van der Waals surface area contributed by atoms with Crippen LogP contribution >= 0.6 is 43.2 Å². The molecule has 1 aliphatic heterocycles. The van der Waals surface area contributed by atoms with Gasteiger partial charge in [0.1, 0.15) is 18.5 Å². The fraction of sp³-hybridized carbons (Fsp3) is 0.421. The van der Waals surface area contributed by atoms with Crippen molar-refractivity contribution in [3.8, 4) is 5.75 Å². The van der Waals surface area contributed by atoms with Crippen molar-refractivity contribution in [1.82, 2.24) is 10.2 Å². The Bertz CT molecular complexity index is 787. The molecule has 2 aromatic rings. The highest BCUT2D eigenvalue weighted by molar-refractivity contribution is 9.10. The predicted molar refractivity (Wildman–Crippen MR) is 114 cm³/mol. The number of thiophene rings is 1. The molecule has 3 rings (SSSR count). The number of carbonyl (C=O) groups excluding carboxylic acids is 1. The number of hydrogen-bond acceptors (Lipinski definition) is 4. The standard InChI is InChI=1S/C19H21Br2FN2O2S/c20-14-10-18(27-12-14)19(25)23-5-3-13-1-2-17(16(21)9-13)26-8-7-24-6-4-15(22)11-24/h1-2,9-10,12,15H,3-8,11H2,(H,23,25). The number of nitrogens with zero attached hydrogens (tertiary/aromatic N) is 1. The van der Waals surface area contributed by atoms with Crippen molar-refractivity contribution in [3.05, 3.63) is 49.0 Å². The molecule has 1 aromatic heterocycles. The van der Waals surface area contributed by atoms with Gasteiger partial charge in [-0.25, -0.2) is 4.39 Å². The van der Waals surface area contributed by atoms with Crippen LogP contribution in [0.3, 0.4) is 0 Å². The van der Waals surface area contributed by atoms with Crippen molar-refractivity contribution < 1.29 is 13.9 Å². The summed E-state index contributed by atoms with van der Waals surface area (Å²) in [6.45, 7) is 3.16. The van der Waals surface area contributed by atoms with E-state index in [9.17, 15) is 9.18 Å². The predicted octanol–water partition coefficient (Wildman–Crippen LogP) is 4.67. The van der Waals surface area contributed by atoms with Crippen LogP contribution < -0.4 is 10.1 Å². The van der Waals surface area contributed by atoms with E-state index in [0.717, 1.165) is 39.8 Å². The highest BCUT2D eigenvalue weighted by atomic mass is 79.9. The molecule has 0 saturated carbocycles. The number of amides is 1. The zero-order valence-corrected chi connectivity index (χ0v) is 18.7. The van der Waals surface area contributed by atoms with Gasteiger partial charge in [-0.2, -0.15) is 0 Å². The maximum Gasteiger partial charge on any atom is 0.261 e. The normalized spacial score (nSPS) is 17.2. The lowest BCUT2D eigenvalue weighted by Crippen LogP contribution is -2.26. The second-order valence-electron chi connectivity index (χ2n) is 6.43. The molecule has 1 aromatic carbocycles. The van der Waals surface area contributed by atoms with Crippen LogP contribution in [0.4, 0.5) is 4.39 Å². The molecule has 1 amide bonds. The van der Waals surface area contributed by atoms with E-state index >= 15 is 0 Å². The number of ether oxygens (including phenoxy) is 1. The summed E-state index contributed by atoms with van der Waals surface area (Å²) in [5.41, 5.74) is 1.11. The maximum atomic E-state index is 13.2. The molecule has 0 radical (unpaired) electrons. The van der Waals surface area contributed by atoms with Gasteiger partial charge in [-0.05, 0) is 68.5 Å². The van der Waals surface area contributed by atoms with Crippen molar-refractivity contribution in [2.45, 2.75) is 19.0 Å². The summed E-state index contributed by atoms with van der Waals surface area (Å²) in [4.78, 5) is 14.8. The third kappa shape index (κ3) is 6.27. The van der Waals surface area contributed by atoms with Gasteiger partial charge in [0.25, 0.3) is 5.91 Å². The number of halogens is 3. The summed E-state index contributed by atoms with van der Waals surface area (Å²) in [5.74, 6) is 0.726. The first-order valence-corrected chi connectivity index (χ1v) is 11.3. The molecular weight excluding hydrogens is 499 g/mol. The van der Waals surface area contributed by atoms with E-state index in [0.29, 0.717) is 31.0 Å². The molecule has 0 bridgehead atoms. The van der Waals surface area contributed by atoms with Crippen molar-refractivity contribution in [2.75, 3.05) is 32.8 Å². The molecule has 146 valence electrons. The van der Waals surface area contributed by atoms with Gasteiger partial charge in [0.2, 0.25) is 0 Å². The Kier molecular flexibility index (Phi) is 7.69. The molecule has 1 unspecified atom stereocenters. The van der Waals surface area contributed by atoms with Crippen LogP contribution in [0.1, 0.15) is 21.7 Å². The van der Waals surface area contributed by atoms with Crippen LogP contribution in [0.5, 0.6) is 5.75 Å². The Morgan fingerprint density at radius 1 is 1.37 bits per heavy atom. The van der Waals surface area contributed by atoms with E-state index in [2.05, 4.69) is 42.1 Å². The molecule has 1 N–H and O–H groups in total. The summed E-state index contributed by atoms with van der Waals surface area (Å²) in [6.07, 6.45) is 0.666. The second kappa shape index (κ2) is 10.0. The Morgan fingerprint density at radius 3 is 2.89 bits per heavy atom. The van der Waals surface area contributed by atoms with Gasteiger partial charge < -0.3 is 10.1 Å². The first kappa shape index (κ1) is 20.8. The minimum Gasteiger partial charge on any atom is -0.491 e. The SMILES string of the molecule is O=C(NCCc1ccc(OCCN2CCC(F)C2)c(Br)c1)c1cc(Br)cs1. The van der Waals surface area contributed by atoms with Crippen LogP contribution in [0.15, 0.2) is 38.6 Å². The largest absolute Gasteiger partial charge is 0.491 e. The molecular formula is C19H21Br2FN2O2S. The zero-order valence-electron chi connectivity index (χ0n) is 14.7. The van der Waals surface area contributed by atoms with Crippen molar-refractivity contribution >= 4 is 49.1 Å². The van der Waals surface area contributed by atoms with Crippen LogP contribution in [-0.2, 0) is 6.42 Å². The Balaban J connectivity index is 1.41. The molecule has 0 aliphatic carbocycles. The second-order valence-corrected chi connectivity index (χ2v) is 9.12. The van der Waals surface area contributed by atoms with Crippen LogP contribution in [0.25, 0.3) is 0 Å². The van der Waals surface area contributed by atoms with Crippen molar-refractivity contribution in [3.63, 3.8) is 0 Å². The Morgan fingerprint density at radius 2 is 2.22 bits per heavy atom. The topological polar surface area (TPSA) is 41.6 Å². The summed E-state index contributed by atoms with van der Waals surface area (Å²) in [6, 6.07) is 7.76. The molecule has 1 saturated heterocycles. The van der Waals surface area contributed by atoms with E-state index in [1.807, 2.05) is 29.6 Å². The minimum absolute atomic E-state index is 0.0536. The molecule has 0 spiro atoms. The van der Waals surface area contributed by atoms with Gasteiger partial charge in [0.15, 0.2) is 0 Å². The first-order chi connectivity index (χ1) is 13.0. The smallest absolute Gasteiger partial charge is 0.261 e. The van der Waals surface area contributed by atoms with Gasteiger partial charge in [-0.3, -0.25) is 9.69 Å². The number of benzene rings is 1. The molecule has 8 heteroatoms. The molecule has 1 atom stereocenters. The average molecular weight is 520 g/mol. The summed E-state index contributed by atoms with van der Waals surface area (Å²) < 4.78 is 20.8. The lowest BCUT2D eigenvalue weighted by atomic mass is 10.1. The van der Waals surface area contributed by atoms with Gasteiger partial charge in [-0.15, -0.1) is 11.3 Å². The third-order valence-corrected chi connectivity index (χ3v) is 6.68. The summed E-state index contributed by atoms with van der Waals surface area (Å²) in [7, 11) is 0. The number of alkyl halides is 1. The summed E-state index contributed by atoms with van der Waals surface area (Å²) >= 11 is 8.31. The Hall–Kier alpha value is -0.960. The van der Waals surface area contributed by atoms with Gasteiger partial charge in [-0.1, -0.05) is 6.07 Å². The fourth-order valence-corrected chi connectivity index (χ4v) is 4.81. The van der Waals surface area contributed by atoms with Crippen molar-refractivity contribution in [1.29, 1.82) is 0 Å². The number of likely N-dealkylation sites (tertiary alicyclic amines) is 1. The van der Waals surface area contributed by atoms with Crippen molar-refractivity contribution in [2.24, 2.45) is 0 Å². The third-order valence-electron chi connectivity index (χ3n) is 4.37. The van der Waals surface area contributed by atoms with Gasteiger partial charge in [0.05, 0.1) is 9.35 Å². The van der Waals surface area contributed by atoms with Crippen LogP contribution in [0.2, 0.25) is 0 Å². The molecule has 2 heterocycles. The molecule has 1 aliphatic rings. The quantitative estimate of drug-likeness (QED) is 0.551. The highest BCUT2D eigenvalue weighted by Gasteiger charge is 2.21. The molecule has 27 heavy (non-hydrogen) atoms. The number of rotatable bonds is 8.